The molecule has 3 nitrogen and oxygen atoms in total. The van der Waals surface area contributed by atoms with Crippen LogP contribution in [0, 0.1) is 13.8 Å². The minimum absolute atomic E-state index is 0.235. The van der Waals surface area contributed by atoms with E-state index in [0.717, 1.165) is 26.2 Å². The van der Waals surface area contributed by atoms with Gasteiger partial charge in [0, 0.05) is 13.1 Å². The van der Waals surface area contributed by atoms with Crippen molar-refractivity contribution < 1.29 is 4.74 Å². The maximum absolute atomic E-state index is 6.01. The maximum Gasteiger partial charge on any atom is 0.0896 e. The molecule has 1 fully saturated rings. The molecular formula is C16H26N2O. The zero-order valence-electron chi connectivity index (χ0n) is 12.6. The lowest BCUT2D eigenvalue weighted by molar-refractivity contribution is -0.0688. The lowest BCUT2D eigenvalue weighted by atomic mass is 9.92. The van der Waals surface area contributed by atoms with Gasteiger partial charge in [0.1, 0.15) is 0 Å². The number of nitrogens with one attached hydrogen (secondary N) is 1. The first-order valence-corrected chi connectivity index (χ1v) is 7.25. The number of likely N-dealkylation sites (N-methyl/N-ethyl adjacent to an activating group) is 2. The third-order valence-electron chi connectivity index (χ3n) is 4.23. The second-order valence-corrected chi connectivity index (χ2v) is 5.33. The molecule has 1 aliphatic rings. The fraction of sp³-hybridized carbons (Fsp3) is 0.625. The van der Waals surface area contributed by atoms with Crippen molar-refractivity contribution in [2.75, 3.05) is 33.3 Å². The number of ether oxygens (including phenoxy) is 1. The fourth-order valence-corrected chi connectivity index (χ4v) is 3.00. The Hall–Kier alpha value is -0.900. The summed E-state index contributed by atoms with van der Waals surface area (Å²) in [6.07, 6.45) is 0.235. The van der Waals surface area contributed by atoms with Crippen LogP contribution in [0.4, 0.5) is 0 Å². The molecule has 1 aromatic carbocycles. The molecular weight excluding hydrogens is 236 g/mol. The summed E-state index contributed by atoms with van der Waals surface area (Å²) >= 11 is 0. The topological polar surface area (TPSA) is 24.5 Å². The van der Waals surface area contributed by atoms with Crippen molar-refractivity contribution in [1.29, 1.82) is 0 Å². The smallest absolute Gasteiger partial charge is 0.0896 e. The van der Waals surface area contributed by atoms with Gasteiger partial charge in [0.2, 0.25) is 0 Å². The highest BCUT2D eigenvalue weighted by Crippen LogP contribution is 2.32. The molecule has 2 unspecified atom stereocenters. The molecule has 0 bridgehead atoms. The van der Waals surface area contributed by atoms with E-state index in [4.69, 9.17) is 4.74 Å². The maximum atomic E-state index is 6.01. The van der Waals surface area contributed by atoms with Gasteiger partial charge in [-0.1, -0.05) is 25.1 Å². The van der Waals surface area contributed by atoms with E-state index in [2.05, 4.69) is 49.2 Å². The molecule has 0 spiro atoms. The van der Waals surface area contributed by atoms with Crippen molar-refractivity contribution >= 4 is 0 Å². The Labute approximate surface area is 116 Å². The summed E-state index contributed by atoms with van der Waals surface area (Å²) in [5.74, 6) is 0. The molecule has 3 heteroatoms. The number of nitrogens with zero attached hydrogens (tertiary/aromatic N) is 1. The minimum Gasteiger partial charge on any atom is -0.374 e. The first-order chi connectivity index (χ1) is 9.19. The summed E-state index contributed by atoms with van der Waals surface area (Å²) in [6.45, 7) is 10.5. The number of benzene rings is 1. The van der Waals surface area contributed by atoms with Gasteiger partial charge in [-0.05, 0) is 44.1 Å². The molecule has 0 aliphatic carbocycles. The van der Waals surface area contributed by atoms with E-state index >= 15 is 0 Å². The van der Waals surface area contributed by atoms with Gasteiger partial charge in [0.15, 0.2) is 0 Å². The number of hydrogen-bond donors (Lipinski definition) is 1. The standard InChI is InChI=1S/C16H26N2O/c1-5-18-9-10-19-15(11-17-4)16(18)14-8-6-7-12(2)13(14)3/h6-8,15-17H,5,9-11H2,1-4H3. The summed E-state index contributed by atoms with van der Waals surface area (Å²) < 4.78 is 6.01. The highest BCUT2D eigenvalue weighted by molar-refractivity contribution is 5.36. The van der Waals surface area contributed by atoms with Crippen LogP contribution in [0.25, 0.3) is 0 Å². The van der Waals surface area contributed by atoms with Crippen LogP contribution < -0.4 is 5.32 Å². The minimum atomic E-state index is 0.235. The second kappa shape index (κ2) is 6.51. The Bertz CT molecular complexity index is 417. The zero-order chi connectivity index (χ0) is 13.8. The molecule has 1 aromatic rings. The summed E-state index contributed by atoms with van der Waals surface area (Å²) in [4.78, 5) is 2.54. The van der Waals surface area contributed by atoms with E-state index in [1.165, 1.54) is 16.7 Å². The number of hydrogen-bond acceptors (Lipinski definition) is 3. The molecule has 0 saturated carbocycles. The van der Waals surface area contributed by atoms with Crippen LogP contribution >= 0.6 is 0 Å². The van der Waals surface area contributed by atoms with Gasteiger partial charge >= 0.3 is 0 Å². The third kappa shape index (κ3) is 2.99. The van der Waals surface area contributed by atoms with Crippen molar-refractivity contribution in [2.24, 2.45) is 0 Å². The Morgan fingerprint density at radius 2 is 2.16 bits per heavy atom. The van der Waals surface area contributed by atoms with E-state index in [1.807, 2.05) is 7.05 Å². The lowest BCUT2D eigenvalue weighted by Crippen LogP contribution is -2.48. The van der Waals surface area contributed by atoms with Gasteiger partial charge in [0.25, 0.3) is 0 Å². The number of morpholine rings is 1. The Morgan fingerprint density at radius 3 is 2.84 bits per heavy atom. The average Bonchev–Trinajstić information content (AvgIpc) is 2.42. The summed E-state index contributed by atoms with van der Waals surface area (Å²) in [5.41, 5.74) is 4.18. The van der Waals surface area contributed by atoms with E-state index in [-0.39, 0.29) is 6.10 Å². The van der Waals surface area contributed by atoms with Crippen LogP contribution in [-0.2, 0) is 4.74 Å². The zero-order valence-corrected chi connectivity index (χ0v) is 12.6. The number of rotatable bonds is 4. The van der Waals surface area contributed by atoms with Gasteiger partial charge < -0.3 is 10.1 Å². The molecule has 106 valence electrons. The molecule has 0 radical (unpaired) electrons. The normalized spacial score (nSPS) is 24.6. The Morgan fingerprint density at radius 1 is 1.37 bits per heavy atom. The van der Waals surface area contributed by atoms with Crippen molar-refractivity contribution in [3.63, 3.8) is 0 Å². The SMILES string of the molecule is CCN1CCOC(CNC)C1c1cccc(C)c1C. The van der Waals surface area contributed by atoms with Gasteiger partial charge in [-0.3, -0.25) is 4.90 Å². The first-order valence-electron chi connectivity index (χ1n) is 7.25. The van der Waals surface area contributed by atoms with Gasteiger partial charge in [-0.15, -0.1) is 0 Å². The largest absolute Gasteiger partial charge is 0.374 e. The molecule has 1 saturated heterocycles. The molecule has 1 N–H and O–H groups in total. The van der Waals surface area contributed by atoms with Crippen molar-refractivity contribution in [3.05, 3.63) is 34.9 Å². The van der Waals surface area contributed by atoms with Crippen molar-refractivity contribution in [1.82, 2.24) is 10.2 Å². The Kier molecular flexibility index (Phi) is 4.97. The van der Waals surface area contributed by atoms with E-state index in [0.29, 0.717) is 6.04 Å². The summed E-state index contributed by atoms with van der Waals surface area (Å²) in [6, 6.07) is 6.97. The molecule has 1 heterocycles. The van der Waals surface area contributed by atoms with Gasteiger partial charge in [-0.2, -0.15) is 0 Å². The fourth-order valence-electron chi connectivity index (χ4n) is 3.00. The van der Waals surface area contributed by atoms with Crippen LogP contribution in [0.3, 0.4) is 0 Å². The van der Waals surface area contributed by atoms with Crippen molar-refractivity contribution in [2.45, 2.75) is 32.9 Å². The third-order valence-corrected chi connectivity index (χ3v) is 4.23. The van der Waals surface area contributed by atoms with Crippen LogP contribution in [0.5, 0.6) is 0 Å². The highest BCUT2D eigenvalue weighted by atomic mass is 16.5. The predicted molar refractivity (Wildman–Crippen MR) is 79.6 cm³/mol. The van der Waals surface area contributed by atoms with Crippen LogP contribution in [-0.4, -0.2) is 44.3 Å². The average molecular weight is 262 g/mol. The van der Waals surface area contributed by atoms with Crippen molar-refractivity contribution in [3.8, 4) is 0 Å². The van der Waals surface area contributed by atoms with Gasteiger partial charge in [-0.25, -0.2) is 0 Å². The van der Waals surface area contributed by atoms with E-state index < -0.39 is 0 Å². The molecule has 2 atom stereocenters. The Balaban J connectivity index is 2.36. The van der Waals surface area contributed by atoms with Crippen LogP contribution in [0.1, 0.15) is 29.7 Å². The molecule has 1 aliphatic heterocycles. The molecule has 0 aromatic heterocycles. The lowest BCUT2D eigenvalue weighted by Gasteiger charge is -2.41. The van der Waals surface area contributed by atoms with Crippen LogP contribution in [0.15, 0.2) is 18.2 Å². The van der Waals surface area contributed by atoms with E-state index in [1.54, 1.807) is 0 Å². The molecule has 0 amide bonds. The quantitative estimate of drug-likeness (QED) is 0.901. The number of aryl methyl sites for hydroxylation is 1. The second-order valence-electron chi connectivity index (χ2n) is 5.33. The summed E-state index contributed by atoms with van der Waals surface area (Å²) in [5, 5.41) is 3.26. The monoisotopic (exact) mass is 262 g/mol. The molecule has 2 rings (SSSR count). The molecule has 19 heavy (non-hydrogen) atoms. The summed E-state index contributed by atoms with van der Waals surface area (Å²) in [7, 11) is 1.99. The van der Waals surface area contributed by atoms with E-state index in [9.17, 15) is 0 Å². The van der Waals surface area contributed by atoms with Gasteiger partial charge in [0.05, 0.1) is 18.8 Å². The first kappa shape index (κ1) is 14.5. The predicted octanol–water partition coefficient (Wildman–Crippen LogP) is 2.28. The van der Waals surface area contributed by atoms with Crippen LogP contribution in [0.2, 0.25) is 0 Å². The highest BCUT2D eigenvalue weighted by Gasteiger charge is 2.33.